The quantitative estimate of drug-likeness (QED) is 0.588. The Morgan fingerprint density at radius 2 is 2.00 bits per heavy atom. The zero-order valence-corrected chi connectivity index (χ0v) is 9.44. The molecule has 1 nitrogen and oxygen atoms in total. The Balaban J connectivity index is 1.77. The van der Waals surface area contributed by atoms with Crippen LogP contribution in [0.5, 0.6) is 0 Å². The zero-order valence-electron chi connectivity index (χ0n) is 8.62. The van der Waals surface area contributed by atoms with Crippen molar-refractivity contribution in [3.63, 3.8) is 0 Å². The van der Waals surface area contributed by atoms with Gasteiger partial charge in [0.05, 0.1) is 0 Å². The summed E-state index contributed by atoms with van der Waals surface area (Å²) in [6.07, 6.45) is 3.87. The Morgan fingerprint density at radius 1 is 1.29 bits per heavy atom. The van der Waals surface area contributed by atoms with Crippen molar-refractivity contribution in [2.75, 3.05) is 5.88 Å². The summed E-state index contributed by atoms with van der Waals surface area (Å²) in [5, 5.41) is 3.50. The van der Waals surface area contributed by atoms with E-state index in [0.29, 0.717) is 0 Å². The van der Waals surface area contributed by atoms with Crippen LogP contribution in [0, 0.1) is 0 Å². The van der Waals surface area contributed by atoms with Crippen LogP contribution in [0.4, 0.5) is 0 Å². The summed E-state index contributed by atoms with van der Waals surface area (Å²) in [5.41, 5.74) is 1.42. The maximum absolute atomic E-state index is 3.50. The lowest BCUT2D eigenvalue weighted by Crippen LogP contribution is -2.14. The van der Waals surface area contributed by atoms with E-state index in [-0.39, 0.29) is 0 Å². The van der Waals surface area contributed by atoms with Crippen LogP contribution in [0.3, 0.4) is 0 Å². The third kappa shape index (κ3) is 3.03. The normalized spacial score (nSPS) is 15.8. The fraction of sp³-hybridized carbons (Fsp3) is 0.500. The average Bonchev–Trinajstić information content (AvgIpc) is 3.03. The predicted molar refractivity (Wildman–Crippen MR) is 62.7 cm³/mol. The third-order valence-corrected chi connectivity index (χ3v) is 3.44. The summed E-state index contributed by atoms with van der Waals surface area (Å²) >= 11 is 1.90. The second-order valence-electron chi connectivity index (χ2n) is 3.76. The van der Waals surface area contributed by atoms with Crippen LogP contribution < -0.4 is 5.32 Å². The summed E-state index contributed by atoms with van der Waals surface area (Å²) in [6.45, 7) is 2.19. The summed E-state index contributed by atoms with van der Waals surface area (Å²) < 4.78 is 0. The monoisotopic (exact) mass is 207 g/mol. The van der Waals surface area contributed by atoms with Crippen molar-refractivity contribution < 1.29 is 0 Å². The van der Waals surface area contributed by atoms with Crippen molar-refractivity contribution in [2.24, 2.45) is 0 Å². The fourth-order valence-electron chi connectivity index (χ4n) is 1.35. The maximum atomic E-state index is 3.50. The Kier molecular flexibility index (Phi) is 3.49. The van der Waals surface area contributed by atoms with E-state index >= 15 is 0 Å². The molecule has 0 amide bonds. The molecule has 0 heterocycles. The molecule has 0 aromatic heterocycles. The van der Waals surface area contributed by atoms with Gasteiger partial charge in [-0.3, -0.25) is 0 Å². The average molecular weight is 207 g/mol. The van der Waals surface area contributed by atoms with Gasteiger partial charge in [-0.05, 0) is 37.0 Å². The lowest BCUT2D eigenvalue weighted by molar-refractivity contribution is 0.789. The Morgan fingerprint density at radius 3 is 2.57 bits per heavy atom. The van der Waals surface area contributed by atoms with Gasteiger partial charge in [0.15, 0.2) is 0 Å². The molecule has 0 spiro atoms. The van der Waals surface area contributed by atoms with Crippen LogP contribution in [0.2, 0.25) is 0 Å². The third-order valence-electron chi connectivity index (χ3n) is 2.52. The Bertz CT molecular complexity index is 277. The topological polar surface area (TPSA) is 12.0 Å². The predicted octanol–water partition coefficient (Wildman–Crippen LogP) is 3.05. The van der Waals surface area contributed by atoms with E-state index in [1.807, 2.05) is 11.8 Å². The van der Waals surface area contributed by atoms with Gasteiger partial charge in [0.1, 0.15) is 0 Å². The molecule has 2 rings (SSSR count). The highest BCUT2D eigenvalue weighted by Gasteiger charge is 2.19. The lowest BCUT2D eigenvalue weighted by atomic mass is 10.2. The van der Waals surface area contributed by atoms with Crippen LogP contribution in [0.1, 0.15) is 25.3 Å². The van der Waals surface area contributed by atoms with Crippen molar-refractivity contribution >= 4 is 11.8 Å². The number of thioether (sulfide) groups is 1. The van der Waals surface area contributed by atoms with Crippen molar-refractivity contribution in [1.82, 2.24) is 5.32 Å². The molecule has 0 radical (unpaired) electrons. The molecule has 0 atom stereocenters. The molecule has 14 heavy (non-hydrogen) atoms. The summed E-state index contributed by atoms with van der Waals surface area (Å²) in [6, 6.07) is 9.70. The van der Waals surface area contributed by atoms with Gasteiger partial charge in [0.2, 0.25) is 0 Å². The number of hydrogen-bond donors (Lipinski definition) is 1. The van der Waals surface area contributed by atoms with E-state index < -0.39 is 0 Å². The van der Waals surface area contributed by atoms with E-state index in [1.54, 1.807) is 0 Å². The second kappa shape index (κ2) is 4.85. The van der Waals surface area contributed by atoms with Crippen molar-refractivity contribution in [3.8, 4) is 0 Å². The van der Waals surface area contributed by atoms with Gasteiger partial charge in [0.25, 0.3) is 0 Å². The first-order valence-electron chi connectivity index (χ1n) is 5.33. The molecule has 1 fully saturated rings. The zero-order chi connectivity index (χ0) is 9.80. The van der Waals surface area contributed by atoms with Gasteiger partial charge in [-0.15, -0.1) is 11.8 Å². The van der Waals surface area contributed by atoms with Crippen molar-refractivity contribution in [1.29, 1.82) is 0 Å². The van der Waals surface area contributed by atoms with Crippen LogP contribution in [-0.4, -0.2) is 11.9 Å². The SMILES string of the molecule is CCc1ccc(SCNC2CC2)cc1. The first kappa shape index (κ1) is 10.1. The largest absolute Gasteiger partial charge is 0.305 e. The summed E-state index contributed by atoms with van der Waals surface area (Å²) in [5.74, 6) is 1.05. The lowest BCUT2D eigenvalue weighted by Gasteiger charge is -2.03. The molecular formula is C12H17NS. The smallest absolute Gasteiger partial charge is 0.0467 e. The molecule has 0 bridgehead atoms. The van der Waals surface area contributed by atoms with E-state index in [9.17, 15) is 0 Å². The highest BCUT2D eigenvalue weighted by atomic mass is 32.2. The van der Waals surface area contributed by atoms with E-state index in [1.165, 1.54) is 23.3 Å². The molecule has 0 aliphatic heterocycles. The van der Waals surface area contributed by atoms with E-state index in [2.05, 4.69) is 36.5 Å². The molecule has 1 aliphatic rings. The van der Waals surface area contributed by atoms with E-state index in [4.69, 9.17) is 0 Å². The first-order chi connectivity index (χ1) is 6.88. The second-order valence-corrected chi connectivity index (χ2v) is 4.81. The van der Waals surface area contributed by atoms with Crippen LogP contribution >= 0.6 is 11.8 Å². The highest BCUT2D eigenvalue weighted by Crippen LogP contribution is 2.22. The Labute approximate surface area is 90.3 Å². The van der Waals surface area contributed by atoms with Gasteiger partial charge in [-0.25, -0.2) is 0 Å². The molecule has 1 saturated carbocycles. The molecule has 1 aromatic rings. The minimum atomic E-state index is 0.817. The number of rotatable bonds is 5. The molecule has 1 aromatic carbocycles. The number of nitrogens with one attached hydrogen (secondary N) is 1. The van der Waals surface area contributed by atoms with Crippen LogP contribution in [-0.2, 0) is 6.42 Å². The van der Waals surface area contributed by atoms with Crippen LogP contribution in [0.25, 0.3) is 0 Å². The van der Waals surface area contributed by atoms with Crippen LogP contribution in [0.15, 0.2) is 29.2 Å². The minimum absolute atomic E-state index is 0.817. The van der Waals surface area contributed by atoms with Gasteiger partial charge < -0.3 is 5.32 Å². The fourth-order valence-corrected chi connectivity index (χ4v) is 2.17. The van der Waals surface area contributed by atoms with Gasteiger partial charge in [-0.1, -0.05) is 19.1 Å². The molecule has 2 heteroatoms. The number of hydrogen-bond acceptors (Lipinski definition) is 2. The standard InChI is InChI=1S/C12H17NS/c1-2-10-3-7-12(8-4-10)14-9-13-11-5-6-11/h3-4,7-8,11,13H,2,5-6,9H2,1H3. The number of aryl methyl sites for hydroxylation is 1. The van der Waals surface area contributed by atoms with Crippen molar-refractivity contribution in [3.05, 3.63) is 29.8 Å². The highest BCUT2D eigenvalue weighted by molar-refractivity contribution is 7.99. The summed E-state index contributed by atoms with van der Waals surface area (Å²) in [7, 11) is 0. The Hall–Kier alpha value is -0.470. The molecule has 76 valence electrons. The molecular weight excluding hydrogens is 190 g/mol. The molecule has 0 saturated heterocycles. The molecule has 0 unspecified atom stereocenters. The molecule has 1 N–H and O–H groups in total. The summed E-state index contributed by atoms with van der Waals surface area (Å²) in [4.78, 5) is 1.37. The van der Waals surface area contributed by atoms with Gasteiger partial charge in [-0.2, -0.15) is 0 Å². The molecule has 1 aliphatic carbocycles. The maximum Gasteiger partial charge on any atom is 0.0467 e. The van der Waals surface area contributed by atoms with E-state index in [0.717, 1.165) is 18.3 Å². The minimum Gasteiger partial charge on any atom is -0.305 e. The van der Waals surface area contributed by atoms with Crippen molar-refractivity contribution in [2.45, 2.75) is 37.1 Å². The number of benzene rings is 1. The van der Waals surface area contributed by atoms with Gasteiger partial charge in [0, 0.05) is 16.8 Å². The first-order valence-corrected chi connectivity index (χ1v) is 6.32. The van der Waals surface area contributed by atoms with Gasteiger partial charge >= 0.3 is 0 Å².